The highest BCUT2D eigenvalue weighted by Crippen LogP contribution is 2.22. The first-order valence-electron chi connectivity index (χ1n) is 9.34. The number of nitrogens with one attached hydrogen (secondary N) is 1. The van der Waals surface area contributed by atoms with Crippen molar-refractivity contribution in [2.24, 2.45) is 5.92 Å². The topological polar surface area (TPSA) is 50.5 Å². The molecule has 2 atom stereocenters. The highest BCUT2D eigenvalue weighted by Gasteiger charge is 2.31. The summed E-state index contributed by atoms with van der Waals surface area (Å²) in [5, 5.41) is 3.88. The third-order valence-corrected chi connectivity index (χ3v) is 5.44. The molecule has 2 saturated heterocycles. The van der Waals surface area contributed by atoms with Gasteiger partial charge in [-0.2, -0.15) is 0 Å². The van der Waals surface area contributed by atoms with Crippen LogP contribution < -0.4 is 5.32 Å². The molecule has 4 rings (SSSR count). The average Bonchev–Trinajstić information content (AvgIpc) is 3.30. The molecule has 2 aliphatic rings. The second-order valence-electron chi connectivity index (χ2n) is 7.26. The van der Waals surface area contributed by atoms with Crippen LogP contribution in [-0.4, -0.2) is 48.3 Å². The first-order valence-corrected chi connectivity index (χ1v) is 9.34. The summed E-state index contributed by atoms with van der Waals surface area (Å²) in [6.07, 6.45) is 8.97. The van der Waals surface area contributed by atoms with Crippen molar-refractivity contribution >= 4 is 0 Å². The number of hydrogen-bond donors (Lipinski definition) is 1. The van der Waals surface area contributed by atoms with E-state index in [-0.39, 0.29) is 0 Å². The van der Waals surface area contributed by atoms with Gasteiger partial charge in [-0.1, -0.05) is 0 Å². The summed E-state index contributed by atoms with van der Waals surface area (Å²) in [5.74, 6) is 1.62. The van der Waals surface area contributed by atoms with Crippen LogP contribution in [0.5, 0.6) is 0 Å². The molecule has 5 heteroatoms. The standard InChI is InChI=1S/C20H27N3O2/c1-2-19(25-11-1)13-23-9-5-18(6-10-23)22-20-15-24-14-17(20)12-16-3-7-21-8-4-16/h1-4,7-8,11,17-18,20,22H,5-6,9-10,12-15H2/t17-,20-/m1/s1. The van der Waals surface area contributed by atoms with Crippen LogP contribution >= 0.6 is 0 Å². The molecular formula is C20H27N3O2. The van der Waals surface area contributed by atoms with Gasteiger partial charge in [-0.3, -0.25) is 9.88 Å². The Kier molecular flexibility index (Phi) is 5.45. The van der Waals surface area contributed by atoms with Crippen molar-refractivity contribution < 1.29 is 9.15 Å². The van der Waals surface area contributed by atoms with Gasteiger partial charge in [-0.05, 0) is 49.1 Å². The van der Waals surface area contributed by atoms with E-state index in [1.54, 1.807) is 6.26 Å². The van der Waals surface area contributed by atoms with Crippen molar-refractivity contribution in [3.8, 4) is 0 Å². The molecule has 25 heavy (non-hydrogen) atoms. The van der Waals surface area contributed by atoms with Gasteiger partial charge in [0.2, 0.25) is 0 Å². The van der Waals surface area contributed by atoms with Crippen LogP contribution in [0.3, 0.4) is 0 Å². The molecule has 5 nitrogen and oxygen atoms in total. The fourth-order valence-electron chi connectivity index (χ4n) is 3.99. The van der Waals surface area contributed by atoms with Gasteiger partial charge in [-0.15, -0.1) is 0 Å². The molecule has 0 aromatic carbocycles. The first-order chi connectivity index (χ1) is 12.4. The molecule has 0 bridgehead atoms. The quantitative estimate of drug-likeness (QED) is 0.875. The van der Waals surface area contributed by atoms with Crippen molar-refractivity contribution in [3.05, 3.63) is 54.2 Å². The van der Waals surface area contributed by atoms with Crippen LogP contribution in [-0.2, 0) is 17.7 Å². The van der Waals surface area contributed by atoms with Gasteiger partial charge in [0, 0.05) is 43.5 Å². The van der Waals surface area contributed by atoms with E-state index in [2.05, 4.69) is 33.4 Å². The zero-order valence-corrected chi connectivity index (χ0v) is 14.6. The highest BCUT2D eigenvalue weighted by atomic mass is 16.5. The van der Waals surface area contributed by atoms with Crippen molar-refractivity contribution in [2.75, 3.05) is 26.3 Å². The number of aromatic nitrogens is 1. The molecule has 4 heterocycles. The van der Waals surface area contributed by atoms with Gasteiger partial charge in [-0.25, -0.2) is 0 Å². The predicted molar refractivity (Wildman–Crippen MR) is 96.2 cm³/mol. The average molecular weight is 341 g/mol. The molecule has 0 aliphatic carbocycles. The Hall–Kier alpha value is -1.69. The molecule has 2 aliphatic heterocycles. The van der Waals surface area contributed by atoms with Crippen molar-refractivity contribution in [2.45, 2.75) is 37.9 Å². The van der Waals surface area contributed by atoms with E-state index in [0.717, 1.165) is 45.0 Å². The lowest BCUT2D eigenvalue weighted by molar-refractivity contribution is 0.162. The number of piperidine rings is 1. The van der Waals surface area contributed by atoms with Gasteiger partial charge >= 0.3 is 0 Å². The molecule has 2 aromatic heterocycles. The molecule has 0 spiro atoms. The van der Waals surface area contributed by atoms with Crippen molar-refractivity contribution in [1.29, 1.82) is 0 Å². The van der Waals surface area contributed by atoms with Gasteiger partial charge in [0.1, 0.15) is 5.76 Å². The van der Waals surface area contributed by atoms with E-state index >= 15 is 0 Å². The van der Waals surface area contributed by atoms with E-state index in [1.165, 1.54) is 18.4 Å². The predicted octanol–water partition coefficient (Wildman–Crippen LogP) is 2.49. The Labute approximate surface area is 149 Å². The molecular weight excluding hydrogens is 314 g/mol. The number of likely N-dealkylation sites (tertiary alicyclic amines) is 1. The lowest BCUT2D eigenvalue weighted by Crippen LogP contribution is -2.48. The second-order valence-corrected chi connectivity index (χ2v) is 7.26. The lowest BCUT2D eigenvalue weighted by Gasteiger charge is -2.34. The zero-order valence-electron chi connectivity index (χ0n) is 14.6. The van der Waals surface area contributed by atoms with Crippen molar-refractivity contribution in [1.82, 2.24) is 15.2 Å². The van der Waals surface area contributed by atoms with Crippen LogP contribution in [0.4, 0.5) is 0 Å². The summed E-state index contributed by atoms with van der Waals surface area (Å²) >= 11 is 0. The van der Waals surface area contributed by atoms with E-state index in [0.29, 0.717) is 18.0 Å². The number of hydrogen-bond acceptors (Lipinski definition) is 5. The van der Waals surface area contributed by atoms with Gasteiger partial charge in [0.25, 0.3) is 0 Å². The summed E-state index contributed by atoms with van der Waals surface area (Å²) < 4.78 is 11.2. The van der Waals surface area contributed by atoms with Crippen molar-refractivity contribution in [3.63, 3.8) is 0 Å². The van der Waals surface area contributed by atoms with Gasteiger partial charge in [0.05, 0.1) is 26.0 Å². The normalized spacial score (nSPS) is 25.4. The fraction of sp³-hybridized carbons (Fsp3) is 0.550. The minimum absolute atomic E-state index is 0.467. The second kappa shape index (κ2) is 8.13. The maximum Gasteiger partial charge on any atom is 0.117 e. The minimum atomic E-state index is 0.467. The Morgan fingerprint density at radius 3 is 2.72 bits per heavy atom. The lowest BCUT2D eigenvalue weighted by atomic mass is 9.93. The number of pyridine rings is 1. The third kappa shape index (κ3) is 4.48. The summed E-state index contributed by atoms with van der Waals surface area (Å²) in [7, 11) is 0. The maximum atomic E-state index is 5.77. The van der Waals surface area contributed by atoms with E-state index in [9.17, 15) is 0 Å². The van der Waals surface area contributed by atoms with Gasteiger partial charge in [0.15, 0.2) is 0 Å². The summed E-state index contributed by atoms with van der Waals surface area (Å²) in [6.45, 7) is 4.87. The Morgan fingerprint density at radius 1 is 1.12 bits per heavy atom. The van der Waals surface area contributed by atoms with Crippen LogP contribution in [0.1, 0.15) is 24.2 Å². The fourth-order valence-corrected chi connectivity index (χ4v) is 3.99. The molecule has 134 valence electrons. The van der Waals surface area contributed by atoms with Crippen LogP contribution in [0.15, 0.2) is 47.3 Å². The molecule has 2 fully saturated rings. The summed E-state index contributed by atoms with van der Waals surface area (Å²) in [6, 6.07) is 9.32. The molecule has 0 unspecified atom stereocenters. The van der Waals surface area contributed by atoms with Crippen LogP contribution in [0, 0.1) is 5.92 Å². The smallest absolute Gasteiger partial charge is 0.117 e. The van der Waals surface area contributed by atoms with Gasteiger partial charge < -0.3 is 14.5 Å². The van der Waals surface area contributed by atoms with E-state index in [4.69, 9.17) is 9.15 Å². The largest absolute Gasteiger partial charge is 0.468 e. The van der Waals surface area contributed by atoms with Crippen LogP contribution in [0.2, 0.25) is 0 Å². The molecule has 1 N–H and O–H groups in total. The summed E-state index contributed by atoms with van der Waals surface area (Å²) in [5.41, 5.74) is 1.35. The highest BCUT2D eigenvalue weighted by molar-refractivity contribution is 5.11. The number of rotatable bonds is 6. The maximum absolute atomic E-state index is 5.77. The third-order valence-electron chi connectivity index (χ3n) is 5.44. The molecule has 0 saturated carbocycles. The Morgan fingerprint density at radius 2 is 1.96 bits per heavy atom. The Bertz CT molecular complexity index is 624. The van der Waals surface area contributed by atoms with E-state index < -0.39 is 0 Å². The SMILES string of the molecule is c1coc(CN2CCC(N[C@@H]3COC[C@H]3Cc3ccncc3)CC2)c1. The Balaban J connectivity index is 1.25. The first kappa shape index (κ1) is 16.8. The molecule has 2 aromatic rings. The monoisotopic (exact) mass is 341 g/mol. The zero-order chi connectivity index (χ0) is 16.9. The number of ether oxygens (including phenoxy) is 1. The van der Waals surface area contributed by atoms with Crippen LogP contribution in [0.25, 0.3) is 0 Å². The number of furan rings is 1. The molecule has 0 radical (unpaired) electrons. The molecule has 0 amide bonds. The van der Waals surface area contributed by atoms with E-state index in [1.807, 2.05) is 18.5 Å². The summed E-state index contributed by atoms with van der Waals surface area (Å²) in [4.78, 5) is 6.59. The minimum Gasteiger partial charge on any atom is -0.468 e. The number of nitrogens with zero attached hydrogens (tertiary/aromatic N) is 2.